The number of aryl methyl sites for hydroxylation is 1. The van der Waals surface area contributed by atoms with Crippen LogP contribution in [0.3, 0.4) is 0 Å². The standard InChI is InChI=1S/C24H18Cl2N2O3/c1-14-7-12-18(13-19(14)26)27-23(29)20-21(15-8-10-16(25)11-9-15)28(31-22(20)24(27)30)17-5-3-2-4-6-17/h2-13,20-22H,1H3/t20-,21+,22+/m1/s1. The van der Waals surface area contributed by atoms with Crippen molar-refractivity contribution in [2.45, 2.75) is 19.1 Å². The van der Waals surface area contributed by atoms with Crippen LogP contribution in [0.25, 0.3) is 0 Å². The number of nitrogens with zero attached hydrogens (tertiary/aromatic N) is 2. The van der Waals surface area contributed by atoms with Gasteiger partial charge in [-0.15, -0.1) is 0 Å². The minimum Gasteiger partial charge on any atom is -0.273 e. The van der Waals surface area contributed by atoms with E-state index in [-0.39, 0.29) is 5.91 Å². The van der Waals surface area contributed by atoms with Crippen molar-refractivity contribution in [1.29, 1.82) is 0 Å². The second kappa shape index (κ2) is 7.68. The minimum absolute atomic E-state index is 0.312. The zero-order valence-electron chi connectivity index (χ0n) is 16.5. The van der Waals surface area contributed by atoms with Gasteiger partial charge in [-0.3, -0.25) is 14.4 Å². The lowest BCUT2D eigenvalue weighted by Crippen LogP contribution is -2.37. The molecule has 0 radical (unpaired) electrons. The summed E-state index contributed by atoms with van der Waals surface area (Å²) < 4.78 is 0. The zero-order valence-corrected chi connectivity index (χ0v) is 18.0. The number of carbonyl (C=O) groups is 2. The Hall–Kier alpha value is -2.86. The summed E-state index contributed by atoms with van der Waals surface area (Å²) in [6, 6.07) is 21.4. The third kappa shape index (κ3) is 3.30. The summed E-state index contributed by atoms with van der Waals surface area (Å²) in [6.07, 6.45) is -0.923. The van der Waals surface area contributed by atoms with Gasteiger partial charge in [0.25, 0.3) is 5.91 Å². The molecule has 2 fully saturated rings. The Morgan fingerprint density at radius 2 is 1.55 bits per heavy atom. The molecule has 0 bridgehead atoms. The monoisotopic (exact) mass is 452 g/mol. The lowest BCUT2D eigenvalue weighted by molar-refractivity contribution is -0.126. The Kier molecular flexibility index (Phi) is 4.97. The van der Waals surface area contributed by atoms with Gasteiger partial charge in [-0.2, -0.15) is 0 Å². The summed E-state index contributed by atoms with van der Waals surface area (Å²) in [5.41, 5.74) is 2.92. The van der Waals surface area contributed by atoms with E-state index in [1.165, 1.54) is 4.90 Å². The first-order valence-corrected chi connectivity index (χ1v) is 10.6. The van der Waals surface area contributed by atoms with Crippen molar-refractivity contribution in [1.82, 2.24) is 0 Å². The molecular formula is C24H18Cl2N2O3. The summed E-state index contributed by atoms with van der Waals surface area (Å²) in [6.45, 7) is 1.87. The number of hydrogen-bond donors (Lipinski definition) is 0. The van der Waals surface area contributed by atoms with E-state index in [4.69, 9.17) is 28.0 Å². The Bertz CT molecular complexity index is 1170. The largest absolute Gasteiger partial charge is 0.273 e. The molecule has 0 spiro atoms. The molecule has 0 aromatic heterocycles. The smallest absolute Gasteiger partial charge is 0.266 e. The predicted molar refractivity (Wildman–Crippen MR) is 120 cm³/mol. The number of benzene rings is 3. The van der Waals surface area contributed by atoms with E-state index < -0.39 is 24.0 Å². The highest BCUT2D eigenvalue weighted by atomic mass is 35.5. The number of carbonyl (C=O) groups excluding carboxylic acids is 2. The number of hydroxylamine groups is 1. The van der Waals surface area contributed by atoms with E-state index in [1.54, 1.807) is 35.4 Å². The molecule has 7 heteroatoms. The Morgan fingerprint density at radius 3 is 2.23 bits per heavy atom. The van der Waals surface area contributed by atoms with Gasteiger partial charge in [0.15, 0.2) is 6.10 Å². The summed E-state index contributed by atoms with van der Waals surface area (Å²) >= 11 is 12.3. The maximum Gasteiger partial charge on any atom is 0.266 e. The third-order valence-corrected chi connectivity index (χ3v) is 6.41. The molecule has 3 aromatic rings. The zero-order chi connectivity index (χ0) is 21.7. The Balaban J connectivity index is 1.58. The van der Waals surface area contributed by atoms with E-state index in [1.807, 2.05) is 49.4 Å². The molecule has 2 heterocycles. The van der Waals surface area contributed by atoms with Crippen LogP contribution in [0, 0.1) is 12.8 Å². The molecule has 3 aromatic carbocycles. The molecule has 0 N–H and O–H groups in total. The highest BCUT2D eigenvalue weighted by molar-refractivity contribution is 6.32. The SMILES string of the molecule is Cc1ccc(N2C(=O)[C@H]3[C@H](ON(c4ccccc4)[C@H]3c3ccc(Cl)cc3)C2=O)cc1Cl. The molecule has 2 aliphatic rings. The summed E-state index contributed by atoms with van der Waals surface area (Å²) in [5, 5.41) is 2.75. The number of para-hydroxylation sites is 1. The molecule has 5 rings (SSSR count). The molecule has 2 saturated heterocycles. The average molecular weight is 453 g/mol. The lowest BCUT2D eigenvalue weighted by Gasteiger charge is -2.28. The van der Waals surface area contributed by atoms with Crippen molar-refractivity contribution in [2.75, 3.05) is 9.96 Å². The summed E-state index contributed by atoms with van der Waals surface area (Å²) in [5.74, 6) is -1.41. The minimum atomic E-state index is -0.923. The summed E-state index contributed by atoms with van der Waals surface area (Å²) in [7, 11) is 0. The second-order valence-corrected chi connectivity index (χ2v) is 8.50. The van der Waals surface area contributed by atoms with E-state index in [0.717, 1.165) is 16.8 Å². The first-order chi connectivity index (χ1) is 15.0. The molecule has 31 heavy (non-hydrogen) atoms. The average Bonchev–Trinajstić information content (AvgIpc) is 3.28. The molecule has 156 valence electrons. The van der Waals surface area contributed by atoms with Gasteiger partial charge in [0, 0.05) is 10.0 Å². The maximum absolute atomic E-state index is 13.6. The topological polar surface area (TPSA) is 49.9 Å². The van der Waals surface area contributed by atoms with E-state index in [9.17, 15) is 9.59 Å². The molecule has 5 nitrogen and oxygen atoms in total. The van der Waals surface area contributed by atoms with E-state index in [0.29, 0.717) is 15.7 Å². The van der Waals surface area contributed by atoms with Gasteiger partial charge in [0.2, 0.25) is 5.91 Å². The van der Waals surface area contributed by atoms with Crippen molar-refractivity contribution in [3.8, 4) is 0 Å². The molecule has 0 saturated carbocycles. The molecule has 0 unspecified atom stereocenters. The van der Waals surface area contributed by atoms with Crippen molar-refractivity contribution in [3.05, 3.63) is 94.0 Å². The highest BCUT2D eigenvalue weighted by Gasteiger charge is 2.60. The molecule has 2 aliphatic heterocycles. The van der Waals surface area contributed by atoms with Crippen LogP contribution >= 0.6 is 23.2 Å². The number of fused-ring (bicyclic) bond motifs is 1. The van der Waals surface area contributed by atoms with Crippen LogP contribution in [0.4, 0.5) is 11.4 Å². The van der Waals surface area contributed by atoms with Crippen LogP contribution in [-0.2, 0) is 14.4 Å². The van der Waals surface area contributed by atoms with Gasteiger partial charge >= 0.3 is 0 Å². The van der Waals surface area contributed by atoms with Crippen molar-refractivity contribution < 1.29 is 14.4 Å². The fourth-order valence-corrected chi connectivity index (χ4v) is 4.49. The number of anilines is 2. The lowest BCUT2D eigenvalue weighted by atomic mass is 9.90. The third-order valence-electron chi connectivity index (χ3n) is 5.75. The van der Waals surface area contributed by atoms with Crippen molar-refractivity contribution in [2.24, 2.45) is 5.92 Å². The van der Waals surface area contributed by atoms with E-state index >= 15 is 0 Å². The fourth-order valence-electron chi connectivity index (χ4n) is 4.19. The number of halogens is 2. The number of amides is 2. The van der Waals surface area contributed by atoms with Gasteiger partial charge in [-0.05, 0) is 54.4 Å². The first-order valence-electron chi connectivity index (χ1n) is 9.86. The van der Waals surface area contributed by atoms with E-state index in [2.05, 4.69) is 0 Å². The molecule has 2 amide bonds. The summed E-state index contributed by atoms with van der Waals surface area (Å²) in [4.78, 5) is 34.1. The quantitative estimate of drug-likeness (QED) is 0.502. The van der Waals surface area contributed by atoms with Crippen LogP contribution in [0.1, 0.15) is 17.2 Å². The van der Waals surface area contributed by atoms with Gasteiger partial charge in [0.1, 0.15) is 5.92 Å². The van der Waals surface area contributed by atoms with Crippen molar-refractivity contribution >= 4 is 46.4 Å². The normalized spacial score (nSPS) is 22.9. The number of rotatable bonds is 3. The maximum atomic E-state index is 13.6. The number of hydrogen-bond acceptors (Lipinski definition) is 4. The van der Waals surface area contributed by atoms with Gasteiger partial charge < -0.3 is 0 Å². The Morgan fingerprint density at radius 1 is 0.839 bits per heavy atom. The highest BCUT2D eigenvalue weighted by Crippen LogP contribution is 2.47. The van der Waals surface area contributed by atoms with Gasteiger partial charge in [0.05, 0.1) is 17.4 Å². The van der Waals surface area contributed by atoms with Gasteiger partial charge in [-0.1, -0.05) is 59.6 Å². The molecular weight excluding hydrogens is 435 g/mol. The molecule has 0 aliphatic carbocycles. The van der Waals surface area contributed by atoms with Gasteiger partial charge in [-0.25, -0.2) is 9.96 Å². The van der Waals surface area contributed by atoms with Crippen LogP contribution in [0.15, 0.2) is 72.8 Å². The van der Waals surface area contributed by atoms with Crippen LogP contribution in [-0.4, -0.2) is 17.9 Å². The van der Waals surface area contributed by atoms with Crippen LogP contribution in [0.5, 0.6) is 0 Å². The first kappa shape index (κ1) is 20.1. The van der Waals surface area contributed by atoms with Crippen LogP contribution in [0.2, 0.25) is 10.0 Å². The van der Waals surface area contributed by atoms with Crippen LogP contribution < -0.4 is 9.96 Å². The number of imide groups is 1. The Labute approximate surface area is 189 Å². The van der Waals surface area contributed by atoms with Crippen molar-refractivity contribution in [3.63, 3.8) is 0 Å². The molecule has 3 atom stereocenters. The second-order valence-electron chi connectivity index (χ2n) is 7.65. The predicted octanol–water partition coefficient (Wildman–Crippen LogP) is 5.35. The fraction of sp³-hybridized carbons (Fsp3) is 0.167.